The molecule has 0 unspecified atom stereocenters. The number of nitrogens with one attached hydrogen (secondary N) is 1. The molecule has 1 aromatic heterocycles. The third kappa shape index (κ3) is 1.18. The third-order valence-corrected chi connectivity index (χ3v) is 3.43. The Morgan fingerprint density at radius 2 is 2.06 bits per heavy atom. The van der Waals surface area contributed by atoms with E-state index in [1.807, 2.05) is 7.05 Å². The number of nitrogens with zero attached hydrogens (tertiary/aromatic N) is 1. The lowest BCUT2D eigenvalue weighted by atomic mass is 10.0. The van der Waals surface area contributed by atoms with Crippen molar-refractivity contribution in [2.75, 3.05) is 25.6 Å². The van der Waals surface area contributed by atoms with E-state index >= 15 is 0 Å². The monoisotopic (exact) mass is 216 g/mol. The van der Waals surface area contributed by atoms with Crippen LogP contribution in [0.3, 0.4) is 0 Å². The summed E-state index contributed by atoms with van der Waals surface area (Å²) in [5.74, 6) is 0.542. The molecule has 1 aromatic carbocycles. The summed E-state index contributed by atoms with van der Waals surface area (Å²) in [5.41, 5.74) is 3.91. The van der Waals surface area contributed by atoms with Crippen LogP contribution in [-0.2, 0) is 11.8 Å². The zero-order valence-electron chi connectivity index (χ0n) is 9.66. The lowest BCUT2D eigenvalue weighted by Crippen LogP contribution is -2.27. The number of hydrogen-bond donors (Lipinski definition) is 1. The van der Waals surface area contributed by atoms with Crippen LogP contribution in [0.25, 0.3) is 10.9 Å². The summed E-state index contributed by atoms with van der Waals surface area (Å²) in [5, 5.41) is 4.63. The van der Waals surface area contributed by atoms with Crippen molar-refractivity contribution in [3.63, 3.8) is 0 Å². The first-order valence-corrected chi connectivity index (χ1v) is 5.65. The average molecular weight is 216 g/mol. The van der Waals surface area contributed by atoms with Gasteiger partial charge in [0.25, 0.3) is 0 Å². The second kappa shape index (κ2) is 3.52. The summed E-state index contributed by atoms with van der Waals surface area (Å²) in [6, 6.07) is 8.51. The highest BCUT2D eigenvalue weighted by Gasteiger charge is 2.27. The van der Waals surface area contributed by atoms with E-state index in [0.29, 0.717) is 5.92 Å². The van der Waals surface area contributed by atoms with Gasteiger partial charge in [-0.1, -0.05) is 18.2 Å². The number of fused-ring (bicyclic) bond motifs is 1. The first kappa shape index (κ1) is 9.73. The van der Waals surface area contributed by atoms with Crippen LogP contribution in [0.2, 0.25) is 0 Å². The smallest absolute Gasteiger partial charge is 0.0635 e. The molecule has 1 N–H and O–H groups in total. The van der Waals surface area contributed by atoms with Gasteiger partial charge in [0, 0.05) is 31.1 Å². The van der Waals surface area contributed by atoms with Crippen LogP contribution >= 0.6 is 0 Å². The molecule has 0 spiro atoms. The highest BCUT2D eigenvalue weighted by atomic mass is 16.5. The number of ether oxygens (including phenoxy) is 1. The fraction of sp³-hybridized carbons (Fsp3) is 0.385. The summed E-state index contributed by atoms with van der Waals surface area (Å²) >= 11 is 0. The van der Waals surface area contributed by atoms with E-state index in [0.717, 1.165) is 13.2 Å². The molecule has 2 aromatic rings. The van der Waals surface area contributed by atoms with Crippen LogP contribution in [0.1, 0.15) is 11.6 Å². The highest BCUT2D eigenvalue weighted by Crippen LogP contribution is 2.37. The van der Waals surface area contributed by atoms with Crippen molar-refractivity contribution in [1.29, 1.82) is 0 Å². The fourth-order valence-corrected chi connectivity index (χ4v) is 2.55. The lowest BCUT2D eigenvalue weighted by Gasteiger charge is -2.27. The van der Waals surface area contributed by atoms with Crippen molar-refractivity contribution in [2.45, 2.75) is 5.92 Å². The van der Waals surface area contributed by atoms with Crippen LogP contribution in [0.15, 0.2) is 24.3 Å². The Bertz CT molecular complexity index is 526. The minimum Gasteiger partial charge on any atom is -0.386 e. The maximum Gasteiger partial charge on any atom is 0.0635 e. The summed E-state index contributed by atoms with van der Waals surface area (Å²) in [7, 11) is 4.13. The van der Waals surface area contributed by atoms with Crippen molar-refractivity contribution in [1.82, 2.24) is 4.57 Å². The normalized spacial score (nSPS) is 16.4. The van der Waals surface area contributed by atoms with E-state index in [2.05, 4.69) is 41.2 Å². The van der Waals surface area contributed by atoms with Gasteiger partial charge in [0.05, 0.1) is 24.4 Å². The number of aryl methyl sites for hydroxylation is 1. The summed E-state index contributed by atoms with van der Waals surface area (Å²) < 4.78 is 7.58. The summed E-state index contributed by atoms with van der Waals surface area (Å²) in [6.45, 7) is 1.69. The predicted octanol–water partition coefficient (Wildman–Crippen LogP) is 2.33. The number of anilines is 1. The number of aromatic nitrogens is 1. The van der Waals surface area contributed by atoms with Crippen LogP contribution < -0.4 is 5.32 Å². The van der Waals surface area contributed by atoms with Crippen molar-refractivity contribution in [2.24, 2.45) is 7.05 Å². The zero-order chi connectivity index (χ0) is 11.1. The van der Waals surface area contributed by atoms with Crippen LogP contribution in [0.4, 0.5) is 5.69 Å². The van der Waals surface area contributed by atoms with Gasteiger partial charge in [0.2, 0.25) is 0 Å². The van der Waals surface area contributed by atoms with Crippen molar-refractivity contribution in [3.8, 4) is 0 Å². The molecule has 0 saturated carbocycles. The van der Waals surface area contributed by atoms with E-state index in [-0.39, 0.29) is 0 Å². The minimum absolute atomic E-state index is 0.542. The van der Waals surface area contributed by atoms with Gasteiger partial charge in [-0.05, 0) is 6.07 Å². The summed E-state index contributed by atoms with van der Waals surface area (Å²) in [4.78, 5) is 0. The molecular weight excluding hydrogens is 200 g/mol. The average Bonchev–Trinajstić information content (AvgIpc) is 2.51. The zero-order valence-corrected chi connectivity index (χ0v) is 9.66. The maximum atomic E-state index is 5.30. The number of rotatable bonds is 2. The Morgan fingerprint density at radius 1 is 1.31 bits per heavy atom. The highest BCUT2D eigenvalue weighted by molar-refractivity contribution is 5.95. The molecule has 3 heteroatoms. The molecule has 0 bridgehead atoms. The van der Waals surface area contributed by atoms with Gasteiger partial charge in [-0.3, -0.25) is 0 Å². The van der Waals surface area contributed by atoms with Crippen LogP contribution in [0, 0.1) is 0 Å². The van der Waals surface area contributed by atoms with E-state index in [1.54, 1.807) is 0 Å². The lowest BCUT2D eigenvalue weighted by molar-refractivity contribution is 0.00607. The van der Waals surface area contributed by atoms with E-state index in [1.165, 1.54) is 22.3 Å². The van der Waals surface area contributed by atoms with Crippen molar-refractivity contribution >= 4 is 16.6 Å². The van der Waals surface area contributed by atoms with E-state index < -0.39 is 0 Å². The molecule has 0 aliphatic carbocycles. The molecule has 0 amide bonds. The molecule has 3 nitrogen and oxygen atoms in total. The maximum absolute atomic E-state index is 5.30. The molecule has 0 atom stereocenters. The molecule has 0 radical (unpaired) electrons. The Kier molecular flexibility index (Phi) is 2.14. The van der Waals surface area contributed by atoms with Gasteiger partial charge in [-0.2, -0.15) is 0 Å². The standard InChI is InChI=1S/C13H16N2O/c1-14-12-10-5-3-4-6-11(10)15(2)13(12)9-7-16-8-9/h3-6,9,14H,7-8H2,1-2H3. The Labute approximate surface area is 95.0 Å². The van der Waals surface area contributed by atoms with Gasteiger partial charge in [0.1, 0.15) is 0 Å². The quantitative estimate of drug-likeness (QED) is 0.834. The predicted molar refractivity (Wildman–Crippen MR) is 66.0 cm³/mol. The minimum atomic E-state index is 0.542. The molecule has 1 fully saturated rings. The number of hydrogen-bond acceptors (Lipinski definition) is 2. The van der Waals surface area contributed by atoms with Gasteiger partial charge in [-0.25, -0.2) is 0 Å². The summed E-state index contributed by atoms with van der Waals surface area (Å²) in [6.07, 6.45) is 0. The van der Waals surface area contributed by atoms with Gasteiger partial charge < -0.3 is 14.6 Å². The first-order chi connectivity index (χ1) is 7.83. The van der Waals surface area contributed by atoms with E-state index in [9.17, 15) is 0 Å². The van der Waals surface area contributed by atoms with Gasteiger partial charge in [0.15, 0.2) is 0 Å². The first-order valence-electron chi connectivity index (χ1n) is 5.65. The van der Waals surface area contributed by atoms with E-state index in [4.69, 9.17) is 4.74 Å². The second-order valence-electron chi connectivity index (χ2n) is 4.32. The Hall–Kier alpha value is -1.48. The molecular formula is C13H16N2O. The van der Waals surface area contributed by atoms with Crippen molar-refractivity contribution < 1.29 is 4.74 Å². The molecule has 1 aliphatic heterocycles. The number of para-hydroxylation sites is 1. The molecule has 3 rings (SSSR count). The molecule has 16 heavy (non-hydrogen) atoms. The molecule has 2 heterocycles. The van der Waals surface area contributed by atoms with Crippen LogP contribution in [-0.4, -0.2) is 24.8 Å². The molecule has 1 aliphatic rings. The van der Waals surface area contributed by atoms with Crippen molar-refractivity contribution in [3.05, 3.63) is 30.0 Å². The number of benzene rings is 1. The second-order valence-corrected chi connectivity index (χ2v) is 4.32. The fourth-order valence-electron chi connectivity index (χ4n) is 2.55. The Morgan fingerprint density at radius 3 is 2.69 bits per heavy atom. The third-order valence-electron chi connectivity index (χ3n) is 3.43. The topological polar surface area (TPSA) is 26.2 Å². The molecule has 1 saturated heterocycles. The van der Waals surface area contributed by atoms with Gasteiger partial charge >= 0.3 is 0 Å². The van der Waals surface area contributed by atoms with Crippen LogP contribution in [0.5, 0.6) is 0 Å². The Balaban J connectivity index is 2.28. The largest absolute Gasteiger partial charge is 0.386 e. The molecule has 84 valence electrons. The van der Waals surface area contributed by atoms with Gasteiger partial charge in [-0.15, -0.1) is 0 Å². The SMILES string of the molecule is CNc1c(C2COC2)n(C)c2ccccc12.